The molecule has 17 heavy (non-hydrogen) atoms. The summed E-state index contributed by atoms with van der Waals surface area (Å²) < 4.78 is 0. The predicted octanol–water partition coefficient (Wildman–Crippen LogP) is 3.54. The molecule has 2 nitrogen and oxygen atoms in total. The Bertz CT molecular complexity index is 352. The number of aliphatic hydroxyl groups is 1. The molecule has 0 saturated carbocycles. The number of hydrogen-bond acceptors (Lipinski definition) is 2. The number of rotatable bonds is 6. The summed E-state index contributed by atoms with van der Waals surface area (Å²) in [6.45, 7) is 6.98. The number of halogens is 1. The molecule has 0 heterocycles. The third kappa shape index (κ3) is 4.66. The first-order valence-electron chi connectivity index (χ1n) is 6.14. The lowest BCUT2D eigenvalue weighted by Crippen LogP contribution is -2.41. The van der Waals surface area contributed by atoms with Gasteiger partial charge >= 0.3 is 0 Å². The molecule has 0 saturated heterocycles. The molecule has 0 aliphatic carbocycles. The van der Waals surface area contributed by atoms with Crippen molar-refractivity contribution in [1.82, 2.24) is 5.32 Å². The van der Waals surface area contributed by atoms with E-state index in [0.29, 0.717) is 11.6 Å². The van der Waals surface area contributed by atoms with Crippen LogP contribution in [0.3, 0.4) is 0 Å². The van der Waals surface area contributed by atoms with Gasteiger partial charge in [-0.25, -0.2) is 0 Å². The summed E-state index contributed by atoms with van der Waals surface area (Å²) in [5.74, 6) is 0. The zero-order valence-corrected chi connectivity index (χ0v) is 11.6. The second-order valence-corrected chi connectivity index (χ2v) is 5.46. The summed E-state index contributed by atoms with van der Waals surface area (Å²) in [4.78, 5) is 0. The van der Waals surface area contributed by atoms with Crippen molar-refractivity contribution in [2.75, 3.05) is 6.54 Å². The average Bonchev–Trinajstić information content (AvgIpc) is 2.27. The SMILES string of the molecule is CCCC(C)(C)NCC(O)c1ccccc1Cl. The van der Waals surface area contributed by atoms with E-state index >= 15 is 0 Å². The number of aliphatic hydroxyl groups excluding tert-OH is 1. The fourth-order valence-corrected chi connectivity index (χ4v) is 2.20. The lowest BCUT2D eigenvalue weighted by atomic mass is 9.98. The minimum absolute atomic E-state index is 0.0526. The van der Waals surface area contributed by atoms with Crippen LogP contribution in [-0.4, -0.2) is 17.2 Å². The fourth-order valence-electron chi connectivity index (χ4n) is 1.94. The van der Waals surface area contributed by atoms with Crippen molar-refractivity contribution in [3.05, 3.63) is 34.9 Å². The van der Waals surface area contributed by atoms with Crippen molar-refractivity contribution in [3.8, 4) is 0 Å². The number of benzene rings is 1. The van der Waals surface area contributed by atoms with Crippen molar-refractivity contribution in [1.29, 1.82) is 0 Å². The third-order valence-electron chi connectivity index (χ3n) is 2.91. The van der Waals surface area contributed by atoms with E-state index in [0.717, 1.165) is 18.4 Å². The molecule has 1 rings (SSSR count). The molecule has 1 aromatic rings. The van der Waals surface area contributed by atoms with E-state index in [2.05, 4.69) is 26.1 Å². The molecule has 3 heteroatoms. The van der Waals surface area contributed by atoms with E-state index in [1.165, 1.54) is 0 Å². The van der Waals surface area contributed by atoms with Gasteiger partial charge in [0.05, 0.1) is 6.10 Å². The van der Waals surface area contributed by atoms with Gasteiger partial charge in [-0.2, -0.15) is 0 Å². The van der Waals surface area contributed by atoms with Crippen molar-refractivity contribution in [2.24, 2.45) is 0 Å². The van der Waals surface area contributed by atoms with Gasteiger partial charge < -0.3 is 10.4 Å². The highest BCUT2D eigenvalue weighted by atomic mass is 35.5. The van der Waals surface area contributed by atoms with E-state index in [1.807, 2.05) is 18.2 Å². The summed E-state index contributed by atoms with van der Waals surface area (Å²) in [6.07, 6.45) is 1.66. The van der Waals surface area contributed by atoms with Gasteiger partial charge in [-0.3, -0.25) is 0 Å². The Morgan fingerprint density at radius 3 is 2.59 bits per heavy atom. The van der Waals surface area contributed by atoms with E-state index in [-0.39, 0.29) is 5.54 Å². The number of β-amino-alcohol motifs (C(OH)–C–C–N with tert-alkyl or cyclic N) is 1. The molecule has 0 radical (unpaired) electrons. The molecule has 0 spiro atoms. The van der Waals surface area contributed by atoms with Crippen LogP contribution in [0.25, 0.3) is 0 Å². The normalized spacial score (nSPS) is 13.7. The van der Waals surface area contributed by atoms with Crippen molar-refractivity contribution in [2.45, 2.75) is 45.3 Å². The molecular formula is C14H22ClNO. The zero-order valence-electron chi connectivity index (χ0n) is 10.8. The Morgan fingerprint density at radius 2 is 2.00 bits per heavy atom. The Labute approximate surface area is 109 Å². The maximum absolute atomic E-state index is 10.1. The first kappa shape index (κ1) is 14.5. The van der Waals surface area contributed by atoms with Gasteiger partial charge in [0.15, 0.2) is 0 Å². The van der Waals surface area contributed by atoms with Gasteiger partial charge in [0.2, 0.25) is 0 Å². The third-order valence-corrected chi connectivity index (χ3v) is 3.26. The van der Waals surface area contributed by atoms with Gasteiger partial charge in [0.1, 0.15) is 0 Å². The lowest BCUT2D eigenvalue weighted by Gasteiger charge is -2.27. The largest absolute Gasteiger partial charge is 0.387 e. The maximum atomic E-state index is 10.1. The standard InChI is InChI=1S/C14H22ClNO/c1-4-9-14(2,3)16-10-13(17)11-7-5-6-8-12(11)15/h5-8,13,16-17H,4,9-10H2,1-3H3. The maximum Gasteiger partial charge on any atom is 0.0928 e. The van der Waals surface area contributed by atoms with Gasteiger partial charge in [0, 0.05) is 22.7 Å². The van der Waals surface area contributed by atoms with Crippen LogP contribution in [0.2, 0.25) is 5.02 Å². The van der Waals surface area contributed by atoms with Gasteiger partial charge in [-0.05, 0) is 26.3 Å². The Hall–Kier alpha value is -0.570. The minimum Gasteiger partial charge on any atom is -0.387 e. The van der Waals surface area contributed by atoms with Gasteiger partial charge in [0.25, 0.3) is 0 Å². The molecule has 2 N–H and O–H groups in total. The van der Waals surface area contributed by atoms with Crippen LogP contribution in [0.1, 0.15) is 45.3 Å². The van der Waals surface area contributed by atoms with Crippen LogP contribution < -0.4 is 5.32 Å². The van der Waals surface area contributed by atoms with Crippen LogP contribution in [0.4, 0.5) is 0 Å². The van der Waals surface area contributed by atoms with Crippen molar-refractivity contribution < 1.29 is 5.11 Å². The van der Waals surface area contributed by atoms with E-state index in [4.69, 9.17) is 11.6 Å². The van der Waals surface area contributed by atoms with E-state index in [1.54, 1.807) is 6.07 Å². The first-order valence-corrected chi connectivity index (χ1v) is 6.51. The molecule has 0 aliphatic heterocycles. The van der Waals surface area contributed by atoms with Crippen LogP contribution in [-0.2, 0) is 0 Å². The van der Waals surface area contributed by atoms with E-state index < -0.39 is 6.10 Å². The van der Waals surface area contributed by atoms with Crippen LogP contribution in [0.15, 0.2) is 24.3 Å². The highest BCUT2D eigenvalue weighted by Crippen LogP contribution is 2.22. The quantitative estimate of drug-likeness (QED) is 0.815. The number of hydrogen-bond donors (Lipinski definition) is 2. The molecule has 0 aliphatic rings. The Kier molecular flexibility index (Phi) is 5.44. The molecule has 1 unspecified atom stereocenters. The highest BCUT2D eigenvalue weighted by molar-refractivity contribution is 6.31. The molecule has 1 atom stereocenters. The minimum atomic E-state index is -0.556. The second-order valence-electron chi connectivity index (χ2n) is 5.05. The summed E-state index contributed by atoms with van der Waals surface area (Å²) in [5, 5.41) is 14.1. The molecule has 0 bridgehead atoms. The molecule has 1 aromatic carbocycles. The monoisotopic (exact) mass is 255 g/mol. The highest BCUT2D eigenvalue weighted by Gasteiger charge is 2.18. The molecule has 0 aromatic heterocycles. The van der Waals surface area contributed by atoms with Crippen LogP contribution in [0.5, 0.6) is 0 Å². The van der Waals surface area contributed by atoms with Gasteiger partial charge in [-0.1, -0.05) is 43.1 Å². The molecular weight excluding hydrogens is 234 g/mol. The first-order chi connectivity index (χ1) is 7.96. The van der Waals surface area contributed by atoms with Gasteiger partial charge in [-0.15, -0.1) is 0 Å². The fraction of sp³-hybridized carbons (Fsp3) is 0.571. The number of nitrogens with one attached hydrogen (secondary N) is 1. The summed E-state index contributed by atoms with van der Waals surface area (Å²) in [5.41, 5.74) is 0.839. The lowest BCUT2D eigenvalue weighted by molar-refractivity contribution is 0.159. The average molecular weight is 256 g/mol. The summed E-state index contributed by atoms with van der Waals surface area (Å²) in [6, 6.07) is 7.42. The summed E-state index contributed by atoms with van der Waals surface area (Å²) >= 11 is 6.04. The second kappa shape index (κ2) is 6.39. The Morgan fingerprint density at radius 1 is 1.35 bits per heavy atom. The van der Waals surface area contributed by atoms with Crippen LogP contribution in [0, 0.1) is 0 Å². The smallest absolute Gasteiger partial charge is 0.0928 e. The predicted molar refractivity (Wildman–Crippen MR) is 73.4 cm³/mol. The molecule has 96 valence electrons. The summed E-state index contributed by atoms with van der Waals surface area (Å²) in [7, 11) is 0. The zero-order chi connectivity index (χ0) is 12.9. The van der Waals surface area contributed by atoms with Crippen molar-refractivity contribution in [3.63, 3.8) is 0 Å². The molecule has 0 amide bonds. The van der Waals surface area contributed by atoms with Crippen molar-refractivity contribution >= 4 is 11.6 Å². The van der Waals surface area contributed by atoms with Crippen LogP contribution >= 0.6 is 11.6 Å². The topological polar surface area (TPSA) is 32.3 Å². The Balaban J connectivity index is 2.56. The van der Waals surface area contributed by atoms with E-state index in [9.17, 15) is 5.11 Å². The molecule has 0 fully saturated rings.